The number of benzene rings is 1. The molecule has 1 amide bonds. The summed E-state index contributed by atoms with van der Waals surface area (Å²) in [6.07, 6.45) is 0.828. The molecular weight excluding hydrogens is 314 g/mol. The molecule has 1 rings (SSSR count). The Bertz CT molecular complexity index is 618. The van der Waals surface area contributed by atoms with Crippen molar-refractivity contribution in [3.63, 3.8) is 0 Å². The number of nitro groups is 1. The van der Waals surface area contributed by atoms with Gasteiger partial charge in [-0.05, 0) is 24.5 Å². The summed E-state index contributed by atoms with van der Waals surface area (Å²) in [6.45, 7) is 5.65. The molecule has 0 aromatic heterocycles. The largest absolute Gasteiger partial charge is 0.480 e. The molecule has 0 bridgehead atoms. The van der Waals surface area contributed by atoms with E-state index in [9.17, 15) is 19.7 Å². The second-order valence-electron chi connectivity index (χ2n) is 5.71. The maximum absolute atomic E-state index is 11.9. The van der Waals surface area contributed by atoms with Gasteiger partial charge in [-0.3, -0.25) is 19.7 Å². The van der Waals surface area contributed by atoms with Crippen LogP contribution in [0.5, 0.6) is 0 Å². The van der Waals surface area contributed by atoms with Gasteiger partial charge in [0.2, 0.25) is 5.91 Å². The minimum Gasteiger partial charge on any atom is -0.480 e. The molecular formula is C16H23N3O5. The predicted molar refractivity (Wildman–Crippen MR) is 90.0 cm³/mol. The summed E-state index contributed by atoms with van der Waals surface area (Å²) < 4.78 is 0. The Morgan fingerprint density at radius 1 is 1.38 bits per heavy atom. The van der Waals surface area contributed by atoms with Crippen molar-refractivity contribution in [3.8, 4) is 0 Å². The van der Waals surface area contributed by atoms with E-state index in [1.54, 1.807) is 6.92 Å². The van der Waals surface area contributed by atoms with Gasteiger partial charge in [0.05, 0.1) is 4.92 Å². The van der Waals surface area contributed by atoms with Crippen molar-refractivity contribution < 1.29 is 19.6 Å². The van der Waals surface area contributed by atoms with Crippen molar-refractivity contribution in [2.75, 3.05) is 11.9 Å². The number of anilines is 1. The number of rotatable bonds is 9. The van der Waals surface area contributed by atoms with Gasteiger partial charge in [-0.15, -0.1) is 0 Å². The molecule has 1 aromatic carbocycles. The molecule has 0 radical (unpaired) electrons. The third kappa shape index (κ3) is 5.62. The maximum Gasteiger partial charge on any atom is 0.320 e. The van der Waals surface area contributed by atoms with Crippen molar-refractivity contribution in [2.24, 2.45) is 5.92 Å². The van der Waals surface area contributed by atoms with Crippen LogP contribution in [0.2, 0.25) is 0 Å². The number of aryl methyl sites for hydroxylation is 1. The number of non-ortho nitro benzene ring substituents is 1. The van der Waals surface area contributed by atoms with E-state index in [4.69, 9.17) is 5.11 Å². The average Bonchev–Trinajstić information content (AvgIpc) is 2.52. The van der Waals surface area contributed by atoms with Gasteiger partial charge in [0.25, 0.3) is 5.69 Å². The van der Waals surface area contributed by atoms with Crippen molar-refractivity contribution in [1.82, 2.24) is 5.32 Å². The third-order valence-corrected chi connectivity index (χ3v) is 3.89. The zero-order chi connectivity index (χ0) is 18.3. The monoisotopic (exact) mass is 337 g/mol. The number of carbonyl (C=O) groups excluding carboxylic acids is 1. The first-order valence-electron chi connectivity index (χ1n) is 7.77. The molecule has 0 aliphatic rings. The number of aliphatic carboxylic acids is 1. The lowest BCUT2D eigenvalue weighted by Gasteiger charge is -2.20. The van der Waals surface area contributed by atoms with E-state index in [-0.39, 0.29) is 30.5 Å². The highest BCUT2D eigenvalue weighted by Crippen LogP contribution is 2.21. The molecule has 0 aliphatic carbocycles. The SMILES string of the molecule is CC[C@H](C)[C@H](NCCC(=O)Nc1ccc([N+](=O)[O-])cc1C)C(=O)O. The Morgan fingerprint density at radius 2 is 2.04 bits per heavy atom. The Balaban J connectivity index is 2.55. The molecule has 0 unspecified atom stereocenters. The first-order chi connectivity index (χ1) is 11.3. The molecule has 0 saturated carbocycles. The molecule has 1 aromatic rings. The standard InChI is InChI=1S/C16H23N3O5/c1-4-10(2)15(16(21)22)17-8-7-14(20)18-13-6-5-12(19(23)24)9-11(13)3/h5-6,9-10,15,17H,4,7-8H2,1-3H3,(H,18,20)(H,21,22)/t10-,15-/m0/s1. The number of amides is 1. The predicted octanol–water partition coefficient (Wildman–Crippen LogP) is 2.32. The van der Waals surface area contributed by atoms with E-state index in [0.29, 0.717) is 11.3 Å². The summed E-state index contributed by atoms with van der Waals surface area (Å²) >= 11 is 0. The molecule has 132 valence electrons. The van der Waals surface area contributed by atoms with Crippen molar-refractivity contribution in [2.45, 2.75) is 39.7 Å². The smallest absolute Gasteiger partial charge is 0.320 e. The third-order valence-electron chi connectivity index (χ3n) is 3.89. The molecule has 8 heteroatoms. The Kier molecular flexibility index (Phi) is 7.31. The fourth-order valence-corrected chi connectivity index (χ4v) is 2.22. The lowest BCUT2D eigenvalue weighted by molar-refractivity contribution is -0.384. The van der Waals surface area contributed by atoms with Gasteiger partial charge >= 0.3 is 5.97 Å². The van der Waals surface area contributed by atoms with Gasteiger partial charge in [-0.25, -0.2) is 0 Å². The Hall–Kier alpha value is -2.48. The number of nitrogens with zero attached hydrogens (tertiary/aromatic N) is 1. The Morgan fingerprint density at radius 3 is 2.54 bits per heavy atom. The van der Waals surface area contributed by atoms with E-state index < -0.39 is 16.9 Å². The Labute approximate surface area is 140 Å². The van der Waals surface area contributed by atoms with Crippen LogP contribution in [-0.2, 0) is 9.59 Å². The van der Waals surface area contributed by atoms with Gasteiger partial charge in [-0.2, -0.15) is 0 Å². The molecule has 0 spiro atoms. The average molecular weight is 337 g/mol. The van der Waals surface area contributed by atoms with E-state index in [0.717, 1.165) is 6.42 Å². The molecule has 24 heavy (non-hydrogen) atoms. The van der Waals surface area contributed by atoms with E-state index in [2.05, 4.69) is 10.6 Å². The van der Waals surface area contributed by atoms with Crippen LogP contribution in [0.15, 0.2) is 18.2 Å². The summed E-state index contributed by atoms with van der Waals surface area (Å²) in [6, 6.07) is 3.50. The van der Waals surface area contributed by atoms with Crippen molar-refractivity contribution in [3.05, 3.63) is 33.9 Å². The lowest BCUT2D eigenvalue weighted by Crippen LogP contribution is -2.42. The van der Waals surface area contributed by atoms with Crippen LogP contribution in [0.25, 0.3) is 0 Å². The fraction of sp³-hybridized carbons (Fsp3) is 0.500. The summed E-state index contributed by atoms with van der Waals surface area (Å²) in [5, 5.41) is 25.4. The number of carboxylic acids is 1. The molecule has 0 fully saturated rings. The zero-order valence-corrected chi connectivity index (χ0v) is 14.0. The summed E-state index contributed by atoms with van der Waals surface area (Å²) in [4.78, 5) is 33.3. The van der Waals surface area contributed by atoms with E-state index in [1.807, 2.05) is 13.8 Å². The van der Waals surface area contributed by atoms with Crippen LogP contribution in [0.1, 0.15) is 32.3 Å². The number of carboxylic acid groups (broad SMARTS) is 1. The highest BCUT2D eigenvalue weighted by molar-refractivity contribution is 5.91. The van der Waals surface area contributed by atoms with Crippen molar-refractivity contribution in [1.29, 1.82) is 0 Å². The van der Waals surface area contributed by atoms with E-state index >= 15 is 0 Å². The minimum absolute atomic E-state index is 0.0370. The number of hydrogen-bond donors (Lipinski definition) is 3. The van der Waals surface area contributed by atoms with Gasteiger partial charge in [0.15, 0.2) is 0 Å². The van der Waals surface area contributed by atoms with E-state index in [1.165, 1.54) is 18.2 Å². The second kappa shape index (κ2) is 8.97. The van der Waals surface area contributed by atoms with Gasteiger partial charge in [-0.1, -0.05) is 20.3 Å². The highest BCUT2D eigenvalue weighted by atomic mass is 16.6. The summed E-state index contributed by atoms with van der Waals surface area (Å²) in [7, 11) is 0. The molecule has 0 aliphatic heterocycles. The first kappa shape index (κ1) is 19.6. The van der Waals surface area contributed by atoms with Gasteiger partial charge < -0.3 is 15.7 Å². The molecule has 8 nitrogen and oxygen atoms in total. The number of nitrogens with one attached hydrogen (secondary N) is 2. The zero-order valence-electron chi connectivity index (χ0n) is 14.0. The summed E-state index contributed by atoms with van der Waals surface area (Å²) in [5.74, 6) is -1.26. The molecule has 3 N–H and O–H groups in total. The van der Waals surface area contributed by atoms with Crippen LogP contribution in [-0.4, -0.2) is 34.5 Å². The first-order valence-corrected chi connectivity index (χ1v) is 7.77. The second-order valence-corrected chi connectivity index (χ2v) is 5.71. The number of hydrogen-bond acceptors (Lipinski definition) is 5. The minimum atomic E-state index is -0.934. The van der Waals surface area contributed by atoms with Gasteiger partial charge in [0.1, 0.15) is 6.04 Å². The van der Waals surface area contributed by atoms with Crippen LogP contribution in [0, 0.1) is 23.0 Å². The van der Waals surface area contributed by atoms with Crippen molar-refractivity contribution >= 4 is 23.3 Å². The fourth-order valence-electron chi connectivity index (χ4n) is 2.22. The number of nitro benzene ring substituents is 1. The van der Waals surface area contributed by atoms with Crippen LogP contribution >= 0.6 is 0 Å². The highest BCUT2D eigenvalue weighted by Gasteiger charge is 2.22. The molecule has 0 saturated heterocycles. The maximum atomic E-state index is 11.9. The van der Waals surface area contributed by atoms with Gasteiger partial charge in [0, 0.05) is 30.8 Å². The normalized spacial score (nSPS) is 13.1. The summed E-state index contributed by atoms with van der Waals surface area (Å²) in [5.41, 5.74) is 1.06. The van der Waals surface area contributed by atoms with Crippen LogP contribution in [0.3, 0.4) is 0 Å². The molecule has 2 atom stereocenters. The topological polar surface area (TPSA) is 122 Å². The number of carbonyl (C=O) groups is 2. The quantitative estimate of drug-likeness (QED) is 0.469. The van der Waals surface area contributed by atoms with Crippen LogP contribution in [0.4, 0.5) is 11.4 Å². The molecule has 0 heterocycles. The van der Waals surface area contributed by atoms with Crippen LogP contribution < -0.4 is 10.6 Å². The lowest BCUT2D eigenvalue weighted by atomic mass is 9.99.